The summed E-state index contributed by atoms with van der Waals surface area (Å²) < 4.78 is 23.9. The molecule has 2 heterocycles. The lowest BCUT2D eigenvalue weighted by Gasteiger charge is -2.07. The third kappa shape index (κ3) is 2.16. The molecule has 2 aromatic heterocycles. The van der Waals surface area contributed by atoms with Crippen LogP contribution in [-0.2, 0) is 0 Å². The number of pyridine rings is 1. The van der Waals surface area contributed by atoms with E-state index in [0.717, 1.165) is 11.3 Å². The van der Waals surface area contributed by atoms with Gasteiger partial charge in [-0.2, -0.15) is 0 Å². The van der Waals surface area contributed by atoms with Crippen LogP contribution < -0.4 is 5.32 Å². The zero-order valence-electron chi connectivity index (χ0n) is 13.9. The fourth-order valence-corrected chi connectivity index (χ4v) is 2.05. The Morgan fingerprint density at radius 2 is 2.20 bits per heavy atom. The standard InChI is InChI=1S/C16H15N3O/c1-11-7-8-19-14(10-17-15(19)9-11)16(20)18-13-6-4-3-5-12(13)2/h3-10H,1-2H3,(H,18,20)/i1D3. The number of hydrogen-bond acceptors (Lipinski definition) is 2. The van der Waals surface area contributed by atoms with Gasteiger partial charge in [-0.15, -0.1) is 0 Å². The molecule has 0 spiro atoms. The predicted molar refractivity (Wildman–Crippen MR) is 79.1 cm³/mol. The number of imidazole rings is 1. The number of nitrogens with one attached hydrogen (secondary N) is 1. The predicted octanol–water partition coefficient (Wildman–Crippen LogP) is 3.20. The lowest BCUT2D eigenvalue weighted by Crippen LogP contribution is -2.14. The molecule has 0 aliphatic carbocycles. The maximum Gasteiger partial charge on any atom is 0.274 e. The summed E-state index contributed by atoms with van der Waals surface area (Å²) >= 11 is 0. The molecule has 3 aromatic rings. The molecular weight excluding hydrogens is 250 g/mol. The first-order chi connectivity index (χ1) is 10.9. The van der Waals surface area contributed by atoms with Gasteiger partial charge in [0.05, 0.1) is 6.20 Å². The lowest BCUT2D eigenvalue weighted by molar-refractivity contribution is 0.102. The van der Waals surface area contributed by atoms with Crippen molar-refractivity contribution in [2.45, 2.75) is 13.8 Å². The van der Waals surface area contributed by atoms with Crippen molar-refractivity contribution in [1.82, 2.24) is 9.38 Å². The van der Waals surface area contributed by atoms with E-state index in [4.69, 9.17) is 4.11 Å². The van der Waals surface area contributed by atoms with Crippen LogP contribution in [0.15, 0.2) is 48.8 Å². The molecule has 4 heteroatoms. The Kier molecular flexibility index (Phi) is 2.24. The van der Waals surface area contributed by atoms with E-state index in [9.17, 15) is 4.79 Å². The SMILES string of the molecule is [2H]C([2H])([2H])c1ccn2c(C(=O)Nc3ccccc3C)cnc2c1. The van der Waals surface area contributed by atoms with E-state index in [1.165, 1.54) is 18.3 Å². The number of carbonyl (C=O) groups excluding carboxylic acids is 1. The summed E-state index contributed by atoms with van der Waals surface area (Å²) in [6.45, 7) is -0.288. The van der Waals surface area contributed by atoms with Crippen LogP contribution in [0.5, 0.6) is 0 Å². The number of hydrogen-bond donors (Lipinski definition) is 1. The lowest BCUT2D eigenvalue weighted by atomic mass is 10.2. The summed E-state index contributed by atoms with van der Waals surface area (Å²) in [4.78, 5) is 16.6. The molecule has 4 nitrogen and oxygen atoms in total. The van der Waals surface area contributed by atoms with Crippen molar-refractivity contribution in [3.63, 3.8) is 0 Å². The normalized spacial score (nSPS) is 13.6. The van der Waals surface area contributed by atoms with Crippen molar-refractivity contribution in [3.8, 4) is 0 Å². The molecule has 0 unspecified atom stereocenters. The highest BCUT2D eigenvalue weighted by Crippen LogP contribution is 2.15. The largest absolute Gasteiger partial charge is 0.320 e. The first-order valence-electron chi connectivity index (χ1n) is 7.71. The molecule has 0 saturated carbocycles. The second kappa shape index (κ2) is 4.81. The van der Waals surface area contributed by atoms with E-state index in [2.05, 4.69) is 10.3 Å². The van der Waals surface area contributed by atoms with Crippen LogP contribution in [0.25, 0.3) is 5.65 Å². The van der Waals surface area contributed by atoms with E-state index < -0.39 is 6.85 Å². The van der Waals surface area contributed by atoms with Crippen molar-refractivity contribution >= 4 is 17.2 Å². The van der Waals surface area contributed by atoms with Crippen molar-refractivity contribution in [3.05, 3.63) is 65.6 Å². The number of para-hydroxylation sites is 1. The van der Waals surface area contributed by atoms with Crippen LogP contribution in [0.2, 0.25) is 0 Å². The molecule has 0 saturated heterocycles. The Morgan fingerprint density at radius 3 is 3.00 bits per heavy atom. The van der Waals surface area contributed by atoms with Crippen LogP contribution in [0.3, 0.4) is 0 Å². The molecule has 1 N–H and O–H groups in total. The molecule has 0 atom stereocenters. The monoisotopic (exact) mass is 268 g/mol. The molecule has 0 fully saturated rings. The number of anilines is 1. The smallest absolute Gasteiger partial charge is 0.274 e. The van der Waals surface area contributed by atoms with Gasteiger partial charge in [-0.3, -0.25) is 9.20 Å². The zero-order chi connectivity index (χ0) is 16.6. The van der Waals surface area contributed by atoms with E-state index in [1.807, 2.05) is 31.2 Å². The highest BCUT2D eigenvalue weighted by molar-refractivity contribution is 6.03. The van der Waals surface area contributed by atoms with Crippen LogP contribution in [-0.4, -0.2) is 15.3 Å². The van der Waals surface area contributed by atoms with Crippen LogP contribution >= 0.6 is 0 Å². The molecule has 100 valence electrons. The first-order valence-corrected chi connectivity index (χ1v) is 6.21. The van der Waals surface area contributed by atoms with Crippen molar-refractivity contribution in [2.75, 3.05) is 5.32 Å². The fraction of sp³-hybridized carbons (Fsp3) is 0.125. The molecular formula is C16H15N3O. The summed E-state index contributed by atoms with van der Waals surface area (Å²) in [5.41, 5.74) is 2.65. The van der Waals surface area contributed by atoms with Gasteiger partial charge < -0.3 is 5.32 Å². The Labute approximate surface area is 121 Å². The molecule has 0 bridgehead atoms. The summed E-state index contributed by atoms with van der Waals surface area (Å²) in [5.74, 6) is -0.298. The van der Waals surface area contributed by atoms with Gasteiger partial charge in [0, 0.05) is 16.0 Å². The minimum atomic E-state index is -2.20. The molecule has 0 aliphatic rings. The zero-order valence-corrected chi connectivity index (χ0v) is 10.9. The number of fused-ring (bicyclic) bond motifs is 1. The summed E-state index contributed by atoms with van der Waals surface area (Å²) in [6, 6.07) is 10.4. The molecule has 1 amide bonds. The molecule has 0 radical (unpaired) electrons. The number of carbonyl (C=O) groups is 1. The summed E-state index contributed by atoms with van der Waals surface area (Å²) in [5, 5.41) is 2.84. The number of amides is 1. The number of rotatable bonds is 2. The molecule has 0 aliphatic heterocycles. The van der Waals surface area contributed by atoms with Crippen LogP contribution in [0.1, 0.15) is 25.7 Å². The van der Waals surface area contributed by atoms with E-state index >= 15 is 0 Å². The summed E-state index contributed by atoms with van der Waals surface area (Å²) in [6.07, 6.45) is 2.99. The van der Waals surface area contributed by atoms with E-state index in [1.54, 1.807) is 10.6 Å². The Balaban J connectivity index is 1.94. The van der Waals surface area contributed by atoms with Gasteiger partial charge in [0.1, 0.15) is 11.3 Å². The maximum atomic E-state index is 12.4. The second-order valence-corrected chi connectivity index (χ2v) is 4.56. The van der Waals surface area contributed by atoms with Gasteiger partial charge >= 0.3 is 0 Å². The Bertz CT molecular complexity index is 884. The number of benzene rings is 1. The van der Waals surface area contributed by atoms with E-state index in [-0.39, 0.29) is 11.5 Å². The second-order valence-electron chi connectivity index (χ2n) is 4.56. The number of aryl methyl sites for hydroxylation is 2. The van der Waals surface area contributed by atoms with Crippen LogP contribution in [0, 0.1) is 13.8 Å². The van der Waals surface area contributed by atoms with Gasteiger partial charge in [-0.1, -0.05) is 18.2 Å². The summed E-state index contributed by atoms with van der Waals surface area (Å²) in [7, 11) is 0. The van der Waals surface area contributed by atoms with E-state index in [0.29, 0.717) is 11.3 Å². The highest BCUT2D eigenvalue weighted by atomic mass is 16.1. The third-order valence-corrected chi connectivity index (χ3v) is 3.14. The van der Waals surface area contributed by atoms with Crippen molar-refractivity contribution in [2.24, 2.45) is 0 Å². The number of nitrogens with zero attached hydrogens (tertiary/aromatic N) is 2. The fourth-order valence-electron chi connectivity index (χ4n) is 2.05. The minimum Gasteiger partial charge on any atom is -0.320 e. The van der Waals surface area contributed by atoms with Crippen LogP contribution in [0.4, 0.5) is 5.69 Å². The maximum absolute atomic E-state index is 12.4. The molecule has 20 heavy (non-hydrogen) atoms. The topological polar surface area (TPSA) is 46.4 Å². The average Bonchev–Trinajstić information content (AvgIpc) is 2.92. The third-order valence-electron chi connectivity index (χ3n) is 3.14. The molecule has 3 rings (SSSR count). The van der Waals surface area contributed by atoms with Crippen molar-refractivity contribution < 1.29 is 8.91 Å². The van der Waals surface area contributed by atoms with Crippen molar-refractivity contribution in [1.29, 1.82) is 0 Å². The average molecular weight is 268 g/mol. The van der Waals surface area contributed by atoms with Gasteiger partial charge in [-0.25, -0.2) is 4.98 Å². The quantitative estimate of drug-likeness (QED) is 0.775. The van der Waals surface area contributed by atoms with Gasteiger partial charge in [0.15, 0.2) is 0 Å². The highest BCUT2D eigenvalue weighted by Gasteiger charge is 2.12. The first kappa shape index (κ1) is 9.31. The van der Waals surface area contributed by atoms with Gasteiger partial charge in [0.2, 0.25) is 0 Å². The Hall–Kier alpha value is -2.62. The molecule has 1 aromatic carbocycles. The Morgan fingerprint density at radius 1 is 1.35 bits per heavy atom. The van der Waals surface area contributed by atoms with Gasteiger partial charge in [0.25, 0.3) is 5.91 Å². The van der Waals surface area contributed by atoms with Gasteiger partial charge in [-0.05, 0) is 43.1 Å². The minimum absolute atomic E-state index is 0.196. The number of aromatic nitrogens is 2.